The van der Waals surface area contributed by atoms with Gasteiger partial charge < -0.3 is 5.11 Å². The van der Waals surface area contributed by atoms with Crippen LogP contribution < -0.4 is 0 Å². The smallest absolute Gasteiger partial charge is 0.417 e. The van der Waals surface area contributed by atoms with Crippen molar-refractivity contribution < 1.29 is 23.1 Å². The highest BCUT2D eigenvalue weighted by molar-refractivity contribution is 9.10. The molecule has 0 saturated heterocycles. The van der Waals surface area contributed by atoms with Crippen LogP contribution in [0.4, 0.5) is 13.2 Å². The molecule has 0 fully saturated rings. The minimum absolute atomic E-state index is 0.0806. The van der Waals surface area contributed by atoms with E-state index < -0.39 is 23.0 Å². The predicted molar refractivity (Wildman–Crippen MR) is 71.3 cm³/mol. The van der Waals surface area contributed by atoms with Crippen molar-refractivity contribution in [3.8, 4) is 0 Å². The van der Waals surface area contributed by atoms with E-state index in [2.05, 4.69) is 15.9 Å². The van der Waals surface area contributed by atoms with Gasteiger partial charge in [-0.25, -0.2) is 0 Å². The number of benzene rings is 1. The van der Waals surface area contributed by atoms with Crippen molar-refractivity contribution in [2.75, 3.05) is 0 Å². The standard InChI is InChI=1S/C12H12BrF3O2S/c1-6(2)10(11(17)18)19-9-5-7(13)3-4-8(9)12(14,15)16/h3-6,10H,1-2H3,(H,17,18). The van der Waals surface area contributed by atoms with E-state index in [0.29, 0.717) is 4.47 Å². The third-order valence-corrected chi connectivity index (χ3v) is 4.44. The van der Waals surface area contributed by atoms with Gasteiger partial charge in [-0.15, -0.1) is 11.8 Å². The van der Waals surface area contributed by atoms with Crippen molar-refractivity contribution in [3.05, 3.63) is 28.2 Å². The molecule has 1 unspecified atom stereocenters. The van der Waals surface area contributed by atoms with Crippen LogP contribution in [-0.4, -0.2) is 16.3 Å². The van der Waals surface area contributed by atoms with E-state index in [9.17, 15) is 18.0 Å². The molecule has 0 radical (unpaired) electrons. The van der Waals surface area contributed by atoms with Crippen molar-refractivity contribution in [2.45, 2.75) is 30.2 Å². The number of alkyl halides is 3. The first-order valence-corrected chi connectivity index (χ1v) is 7.06. The molecule has 1 aromatic rings. The van der Waals surface area contributed by atoms with Gasteiger partial charge in [0.1, 0.15) is 5.25 Å². The molecule has 0 aliphatic carbocycles. The fraction of sp³-hybridized carbons (Fsp3) is 0.417. The fourth-order valence-corrected chi connectivity index (χ4v) is 3.10. The maximum absolute atomic E-state index is 12.9. The summed E-state index contributed by atoms with van der Waals surface area (Å²) in [4.78, 5) is 11.0. The number of carboxylic acids is 1. The minimum Gasteiger partial charge on any atom is -0.480 e. The zero-order chi connectivity index (χ0) is 14.8. The lowest BCUT2D eigenvalue weighted by Crippen LogP contribution is -2.23. The van der Waals surface area contributed by atoms with Crippen LogP contribution >= 0.6 is 27.7 Å². The Kier molecular flexibility index (Phi) is 5.32. The molecule has 19 heavy (non-hydrogen) atoms. The Morgan fingerprint density at radius 3 is 2.37 bits per heavy atom. The van der Waals surface area contributed by atoms with E-state index in [0.717, 1.165) is 17.8 Å². The van der Waals surface area contributed by atoms with E-state index in [1.54, 1.807) is 13.8 Å². The third-order valence-electron chi connectivity index (χ3n) is 2.35. The number of halogens is 4. The summed E-state index contributed by atoms with van der Waals surface area (Å²) in [6.45, 7) is 3.33. The van der Waals surface area contributed by atoms with Gasteiger partial charge >= 0.3 is 12.1 Å². The Morgan fingerprint density at radius 2 is 1.95 bits per heavy atom. The minimum atomic E-state index is -4.50. The van der Waals surface area contributed by atoms with Gasteiger partial charge in [-0.1, -0.05) is 29.8 Å². The number of carbonyl (C=O) groups is 1. The highest BCUT2D eigenvalue weighted by Gasteiger charge is 2.35. The zero-order valence-corrected chi connectivity index (χ0v) is 12.6. The molecule has 0 aliphatic heterocycles. The normalized spacial score (nSPS) is 13.6. The van der Waals surface area contributed by atoms with Crippen molar-refractivity contribution in [1.29, 1.82) is 0 Å². The molecule has 0 aromatic heterocycles. The second-order valence-electron chi connectivity index (χ2n) is 4.26. The van der Waals surface area contributed by atoms with Crippen molar-refractivity contribution in [1.82, 2.24) is 0 Å². The molecule has 0 amide bonds. The first-order chi connectivity index (χ1) is 8.62. The Bertz CT molecular complexity index is 475. The first kappa shape index (κ1) is 16.4. The topological polar surface area (TPSA) is 37.3 Å². The Balaban J connectivity index is 3.18. The van der Waals surface area contributed by atoms with E-state index in [1.807, 2.05) is 0 Å². The number of hydrogen-bond donors (Lipinski definition) is 1. The maximum Gasteiger partial charge on any atom is 0.417 e. The third kappa shape index (κ3) is 4.42. The molecule has 106 valence electrons. The Hall–Kier alpha value is -0.690. The van der Waals surface area contributed by atoms with Gasteiger partial charge in [-0.05, 0) is 24.1 Å². The average molecular weight is 357 g/mol. The number of aliphatic carboxylic acids is 1. The van der Waals surface area contributed by atoms with Crippen molar-refractivity contribution in [2.24, 2.45) is 5.92 Å². The molecule has 7 heteroatoms. The first-order valence-electron chi connectivity index (χ1n) is 5.39. The molecule has 1 atom stereocenters. The van der Waals surface area contributed by atoms with Gasteiger partial charge in [-0.2, -0.15) is 13.2 Å². The fourth-order valence-electron chi connectivity index (χ4n) is 1.44. The molecule has 1 N–H and O–H groups in total. The zero-order valence-electron chi connectivity index (χ0n) is 10.2. The van der Waals surface area contributed by atoms with Crippen molar-refractivity contribution >= 4 is 33.7 Å². The SMILES string of the molecule is CC(C)C(Sc1cc(Br)ccc1C(F)(F)F)C(=O)O. The highest BCUT2D eigenvalue weighted by Crippen LogP contribution is 2.40. The average Bonchev–Trinajstić information content (AvgIpc) is 2.23. The van der Waals surface area contributed by atoms with Crippen molar-refractivity contribution in [3.63, 3.8) is 0 Å². The Morgan fingerprint density at radius 1 is 1.37 bits per heavy atom. The van der Waals surface area contributed by atoms with Crippen LogP contribution in [-0.2, 0) is 11.0 Å². The van der Waals surface area contributed by atoms with E-state index in [-0.39, 0.29) is 10.8 Å². The number of carboxylic acid groups (broad SMARTS) is 1. The summed E-state index contributed by atoms with van der Waals surface area (Å²) in [7, 11) is 0. The lowest BCUT2D eigenvalue weighted by molar-refractivity contribution is -0.140. The Labute approximate surface area is 121 Å². The lowest BCUT2D eigenvalue weighted by atomic mass is 10.1. The summed E-state index contributed by atoms with van der Waals surface area (Å²) in [5.74, 6) is -1.39. The molecule has 0 aliphatic rings. The largest absolute Gasteiger partial charge is 0.480 e. The monoisotopic (exact) mass is 356 g/mol. The van der Waals surface area contributed by atoms with Crippen LogP contribution in [0, 0.1) is 5.92 Å². The van der Waals surface area contributed by atoms with Gasteiger partial charge in [-0.3, -0.25) is 4.79 Å². The second kappa shape index (κ2) is 6.17. The number of rotatable bonds is 4. The van der Waals surface area contributed by atoms with E-state index in [1.165, 1.54) is 12.1 Å². The molecular formula is C12H12BrF3O2S. The van der Waals surface area contributed by atoms with Gasteiger partial charge in [0, 0.05) is 9.37 Å². The molecular weight excluding hydrogens is 345 g/mol. The van der Waals surface area contributed by atoms with Gasteiger partial charge in [0.15, 0.2) is 0 Å². The molecule has 0 spiro atoms. The van der Waals surface area contributed by atoms with E-state index >= 15 is 0 Å². The summed E-state index contributed by atoms with van der Waals surface area (Å²) in [5, 5.41) is 8.13. The summed E-state index contributed by atoms with van der Waals surface area (Å²) >= 11 is 3.82. The number of hydrogen-bond acceptors (Lipinski definition) is 2. The second-order valence-corrected chi connectivity index (χ2v) is 6.36. The summed E-state index contributed by atoms with van der Waals surface area (Å²) in [5.41, 5.74) is -0.812. The van der Waals surface area contributed by atoms with Crippen LogP contribution in [0.3, 0.4) is 0 Å². The lowest BCUT2D eigenvalue weighted by Gasteiger charge is -2.19. The molecule has 2 nitrogen and oxygen atoms in total. The maximum atomic E-state index is 12.9. The highest BCUT2D eigenvalue weighted by atomic mass is 79.9. The summed E-state index contributed by atoms with van der Waals surface area (Å²) < 4.78 is 39.1. The van der Waals surface area contributed by atoms with E-state index in [4.69, 9.17) is 5.11 Å². The summed E-state index contributed by atoms with van der Waals surface area (Å²) in [6.07, 6.45) is -4.50. The van der Waals surface area contributed by atoms with Crippen LogP contribution in [0.1, 0.15) is 19.4 Å². The van der Waals surface area contributed by atoms with Crippen LogP contribution in [0.5, 0.6) is 0 Å². The van der Waals surface area contributed by atoms with Crippen LogP contribution in [0.25, 0.3) is 0 Å². The molecule has 0 bridgehead atoms. The molecule has 1 aromatic carbocycles. The van der Waals surface area contributed by atoms with Gasteiger partial charge in [0.05, 0.1) is 5.56 Å². The molecule has 0 heterocycles. The molecule has 1 rings (SSSR count). The van der Waals surface area contributed by atoms with Crippen LogP contribution in [0.15, 0.2) is 27.6 Å². The van der Waals surface area contributed by atoms with Gasteiger partial charge in [0.2, 0.25) is 0 Å². The van der Waals surface area contributed by atoms with Gasteiger partial charge in [0.25, 0.3) is 0 Å². The molecule has 0 saturated carbocycles. The quantitative estimate of drug-likeness (QED) is 0.796. The predicted octanol–water partition coefficient (Wildman–Crippen LogP) is 4.67. The summed E-state index contributed by atoms with van der Waals surface area (Å²) in [6, 6.07) is 3.54. The van der Waals surface area contributed by atoms with Crippen LogP contribution in [0.2, 0.25) is 0 Å². The number of thioether (sulfide) groups is 1.